The number of piperidine rings is 1. The average molecular weight is 357 g/mol. The van der Waals surface area contributed by atoms with Gasteiger partial charge in [0.2, 0.25) is 0 Å². The molecule has 0 bridgehead atoms. The lowest BCUT2D eigenvalue weighted by molar-refractivity contribution is 0.0639. The molecule has 0 aromatic carbocycles. The van der Waals surface area contributed by atoms with Gasteiger partial charge in [0.25, 0.3) is 5.91 Å². The molecule has 0 N–H and O–H groups in total. The van der Waals surface area contributed by atoms with Gasteiger partial charge in [-0.1, -0.05) is 20.8 Å². The Bertz CT molecular complexity index is 819. The van der Waals surface area contributed by atoms with E-state index in [0.717, 1.165) is 5.69 Å². The highest BCUT2D eigenvalue weighted by molar-refractivity contribution is 5.97. The van der Waals surface area contributed by atoms with E-state index in [4.69, 9.17) is 0 Å². The molecule has 0 radical (unpaired) electrons. The topological polar surface area (TPSA) is 73.0 Å². The third-order valence-electron chi connectivity index (χ3n) is 5.09. The van der Waals surface area contributed by atoms with E-state index in [9.17, 15) is 9.59 Å². The van der Waals surface area contributed by atoms with Crippen LogP contribution in [0.25, 0.3) is 0 Å². The molecule has 0 unspecified atom stereocenters. The van der Waals surface area contributed by atoms with E-state index in [1.165, 1.54) is 0 Å². The van der Waals surface area contributed by atoms with E-state index in [2.05, 4.69) is 31.0 Å². The third kappa shape index (κ3) is 3.43. The maximum atomic E-state index is 12.9. The number of aryl methyl sites for hydroxylation is 2. The lowest BCUT2D eigenvalue weighted by Gasteiger charge is -2.31. The number of rotatable bonds is 3. The summed E-state index contributed by atoms with van der Waals surface area (Å²) >= 11 is 0. The van der Waals surface area contributed by atoms with Crippen molar-refractivity contribution in [3.05, 3.63) is 35.4 Å². The highest BCUT2D eigenvalue weighted by Gasteiger charge is 2.31. The standard InChI is InChI=1S/C19H27N5O2/c1-19(2,3)16-12-15(23(5)21-16)18(26)24-10-7-13(8-11-24)17(25)14-6-9-20-22(14)4/h6,9,12-13H,7-8,10-11H2,1-5H3. The lowest BCUT2D eigenvalue weighted by atomic mass is 9.90. The van der Waals surface area contributed by atoms with Gasteiger partial charge in [-0.25, -0.2) is 0 Å². The number of Topliss-reactive ketones (excluding diaryl/α,β-unsaturated/α-hetero) is 1. The van der Waals surface area contributed by atoms with Crippen molar-refractivity contribution in [2.45, 2.75) is 39.0 Å². The molecule has 1 saturated heterocycles. The molecule has 3 heterocycles. The van der Waals surface area contributed by atoms with Gasteiger partial charge in [0.15, 0.2) is 5.78 Å². The smallest absolute Gasteiger partial charge is 0.272 e. The van der Waals surface area contributed by atoms with Crippen molar-refractivity contribution in [1.29, 1.82) is 0 Å². The highest BCUT2D eigenvalue weighted by Crippen LogP contribution is 2.25. The van der Waals surface area contributed by atoms with Crippen molar-refractivity contribution in [2.24, 2.45) is 20.0 Å². The van der Waals surface area contributed by atoms with Crippen LogP contribution in [-0.2, 0) is 19.5 Å². The van der Waals surface area contributed by atoms with E-state index < -0.39 is 0 Å². The zero-order chi connectivity index (χ0) is 19.1. The molecule has 3 rings (SSSR count). The number of ketones is 1. The number of hydrogen-bond donors (Lipinski definition) is 0. The number of carbonyl (C=O) groups is 2. The molecule has 0 saturated carbocycles. The number of nitrogens with zero attached hydrogens (tertiary/aromatic N) is 5. The Labute approximate surface area is 154 Å². The van der Waals surface area contributed by atoms with Crippen molar-refractivity contribution in [3.8, 4) is 0 Å². The molecule has 1 fully saturated rings. The second-order valence-electron chi connectivity index (χ2n) is 8.06. The summed E-state index contributed by atoms with van der Waals surface area (Å²) in [6.45, 7) is 7.42. The molecule has 0 atom stereocenters. The first-order valence-electron chi connectivity index (χ1n) is 9.04. The molecular formula is C19H27N5O2. The van der Waals surface area contributed by atoms with Crippen LogP contribution in [0, 0.1) is 5.92 Å². The van der Waals surface area contributed by atoms with Crippen LogP contribution in [-0.4, -0.2) is 49.2 Å². The quantitative estimate of drug-likeness (QED) is 0.789. The van der Waals surface area contributed by atoms with Crippen LogP contribution < -0.4 is 0 Å². The Morgan fingerprint density at radius 1 is 1.08 bits per heavy atom. The van der Waals surface area contributed by atoms with Crippen LogP contribution in [0.2, 0.25) is 0 Å². The molecule has 2 aromatic heterocycles. The normalized spacial score (nSPS) is 16.1. The van der Waals surface area contributed by atoms with Gasteiger partial charge in [-0.15, -0.1) is 0 Å². The molecule has 1 aliphatic rings. The van der Waals surface area contributed by atoms with Crippen molar-refractivity contribution in [3.63, 3.8) is 0 Å². The van der Waals surface area contributed by atoms with Gasteiger partial charge in [-0.3, -0.25) is 19.0 Å². The first kappa shape index (κ1) is 18.4. The summed E-state index contributed by atoms with van der Waals surface area (Å²) in [5.41, 5.74) is 2.05. The van der Waals surface area contributed by atoms with Gasteiger partial charge < -0.3 is 4.90 Å². The minimum atomic E-state index is -0.0984. The molecule has 26 heavy (non-hydrogen) atoms. The Kier molecular flexibility index (Phi) is 4.73. The van der Waals surface area contributed by atoms with Gasteiger partial charge >= 0.3 is 0 Å². The second kappa shape index (κ2) is 6.70. The fourth-order valence-corrected chi connectivity index (χ4v) is 3.37. The molecule has 140 valence electrons. The number of carbonyl (C=O) groups excluding carboxylic acids is 2. The van der Waals surface area contributed by atoms with E-state index in [0.29, 0.717) is 37.3 Å². The number of aromatic nitrogens is 4. The first-order chi connectivity index (χ1) is 12.2. The Morgan fingerprint density at radius 3 is 2.23 bits per heavy atom. The fourth-order valence-electron chi connectivity index (χ4n) is 3.37. The highest BCUT2D eigenvalue weighted by atomic mass is 16.2. The molecule has 0 aliphatic carbocycles. The summed E-state index contributed by atoms with van der Waals surface area (Å²) in [5, 5.41) is 8.56. The van der Waals surface area contributed by atoms with Gasteiger partial charge in [0.1, 0.15) is 11.4 Å². The Balaban J connectivity index is 1.67. The molecule has 1 aliphatic heterocycles. The maximum absolute atomic E-state index is 12.9. The lowest BCUT2D eigenvalue weighted by Crippen LogP contribution is -2.41. The summed E-state index contributed by atoms with van der Waals surface area (Å²) in [6, 6.07) is 3.64. The van der Waals surface area contributed by atoms with Crippen LogP contribution in [0.4, 0.5) is 0 Å². The predicted molar refractivity (Wildman–Crippen MR) is 98.1 cm³/mol. The van der Waals surface area contributed by atoms with Crippen LogP contribution in [0.1, 0.15) is 60.3 Å². The number of amides is 1. The average Bonchev–Trinajstić information content (AvgIpc) is 3.19. The van der Waals surface area contributed by atoms with Gasteiger partial charge in [0.05, 0.1) is 5.69 Å². The van der Waals surface area contributed by atoms with Crippen molar-refractivity contribution >= 4 is 11.7 Å². The van der Waals surface area contributed by atoms with Crippen LogP contribution in [0.15, 0.2) is 18.3 Å². The van der Waals surface area contributed by atoms with Gasteiger partial charge in [-0.2, -0.15) is 10.2 Å². The van der Waals surface area contributed by atoms with Crippen LogP contribution in [0.3, 0.4) is 0 Å². The van der Waals surface area contributed by atoms with Crippen LogP contribution in [0.5, 0.6) is 0 Å². The van der Waals surface area contributed by atoms with E-state index in [-0.39, 0.29) is 23.0 Å². The van der Waals surface area contributed by atoms with Crippen molar-refractivity contribution in [2.75, 3.05) is 13.1 Å². The van der Waals surface area contributed by atoms with E-state index in [1.807, 2.05) is 11.0 Å². The Morgan fingerprint density at radius 2 is 1.73 bits per heavy atom. The largest absolute Gasteiger partial charge is 0.337 e. The Hall–Kier alpha value is -2.44. The molecule has 7 heteroatoms. The van der Waals surface area contributed by atoms with Crippen molar-refractivity contribution < 1.29 is 9.59 Å². The van der Waals surface area contributed by atoms with Crippen LogP contribution >= 0.6 is 0 Å². The van der Waals surface area contributed by atoms with E-state index in [1.54, 1.807) is 35.7 Å². The zero-order valence-corrected chi connectivity index (χ0v) is 16.2. The number of likely N-dealkylation sites (tertiary alicyclic amines) is 1. The minimum Gasteiger partial charge on any atom is -0.337 e. The molecule has 1 amide bonds. The summed E-state index contributed by atoms with van der Waals surface area (Å²) in [5.74, 6) is 0.0562. The molecule has 2 aromatic rings. The zero-order valence-electron chi connectivity index (χ0n) is 16.2. The molecule has 0 spiro atoms. The summed E-state index contributed by atoms with van der Waals surface area (Å²) in [7, 11) is 3.59. The SMILES string of the molecule is Cn1nccc1C(=O)C1CCN(C(=O)c2cc(C(C)(C)C)nn2C)CC1. The molecular weight excluding hydrogens is 330 g/mol. The minimum absolute atomic E-state index is 0.0121. The fraction of sp³-hybridized carbons (Fsp3) is 0.579. The first-order valence-corrected chi connectivity index (χ1v) is 9.04. The monoisotopic (exact) mass is 357 g/mol. The maximum Gasteiger partial charge on any atom is 0.272 e. The summed E-state index contributed by atoms with van der Waals surface area (Å²) < 4.78 is 3.28. The van der Waals surface area contributed by atoms with E-state index >= 15 is 0 Å². The van der Waals surface area contributed by atoms with Gasteiger partial charge in [0, 0.05) is 44.7 Å². The van der Waals surface area contributed by atoms with Crippen molar-refractivity contribution in [1.82, 2.24) is 24.5 Å². The summed E-state index contributed by atoms with van der Waals surface area (Å²) in [6.07, 6.45) is 3.00. The predicted octanol–water partition coefficient (Wildman–Crippen LogP) is 2.19. The summed E-state index contributed by atoms with van der Waals surface area (Å²) in [4.78, 5) is 27.3. The third-order valence-corrected chi connectivity index (χ3v) is 5.09. The second-order valence-corrected chi connectivity index (χ2v) is 8.06. The number of hydrogen-bond acceptors (Lipinski definition) is 4. The van der Waals surface area contributed by atoms with Gasteiger partial charge in [-0.05, 0) is 25.0 Å². The molecule has 7 nitrogen and oxygen atoms in total.